The number of carbonyl (C=O) groups is 1. The maximum atomic E-state index is 10.7. The van der Waals surface area contributed by atoms with Crippen LogP contribution >= 0.6 is 15.9 Å². The summed E-state index contributed by atoms with van der Waals surface area (Å²) >= 11 is 3.46. The normalized spacial score (nSPS) is 10.5. The second kappa shape index (κ2) is 4.33. The zero-order chi connectivity index (χ0) is 12.6. The van der Waals surface area contributed by atoms with Gasteiger partial charge in [-0.3, -0.25) is 0 Å². The molecule has 0 aliphatic carbocycles. The number of halogens is 1. The van der Waals surface area contributed by atoms with Crippen molar-refractivity contribution in [3.05, 3.63) is 39.5 Å². The molecule has 0 saturated heterocycles. The first-order chi connectivity index (χ1) is 7.99. The maximum absolute atomic E-state index is 10.7. The molecule has 1 N–H and O–H groups in total. The van der Waals surface area contributed by atoms with Crippen molar-refractivity contribution in [2.24, 2.45) is 0 Å². The molecular weight excluding hydrogens is 286 g/mol. The average Bonchev–Trinajstić information content (AvgIpc) is 2.72. The molecule has 1 aromatic carbocycles. The van der Waals surface area contributed by atoms with Gasteiger partial charge >= 0.3 is 5.97 Å². The molecule has 88 valence electrons. The molecule has 4 nitrogen and oxygen atoms in total. The van der Waals surface area contributed by atoms with Gasteiger partial charge in [-0.15, -0.1) is 0 Å². The van der Waals surface area contributed by atoms with Crippen molar-refractivity contribution >= 4 is 21.9 Å². The number of carboxylic acids is 1. The van der Waals surface area contributed by atoms with E-state index >= 15 is 0 Å². The van der Waals surface area contributed by atoms with Crippen LogP contribution in [0.3, 0.4) is 0 Å². The molecule has 0 aliphatic rings. The van der Waals surface area contributed by atoms with E-state index < -0.39 is 5.97 Å². The third kappa shape index (κ3) is 2.24. The predicted octanol–water partition coefficient (Wildman–Crippen LogP) is 3.42. The summed E-state index contributed by atoms with van der Waals surface area (Å²) in [4.78, 5) is 10.7. The second-order valence-electron chi connectivity index (χ2n) is 3.82. The molecule has 0 saturated carbocycles. The minimum atomic E-state index is -1.10. The first-order valence-corrected chi connectivity index (χ1v) is 5.75. The number of hydrogen-bond donors (Lipinski definition) is 1. The van der Waals surface area contributed by atoms with Crippen molar-refractivity contribution in [2.45, 2.75) is 13.8 Å². The third-order valence-corrected chi connectivity index (χ3v) is 3.45. The van der Waals surface area contributed by atoms with Gasteiger partial charge in [-0.2, -0.15) is 0 Å². The summed E-state index contributed by atoms with van der Waals surface area (Å²) in [6.07, 6.45) is 0. The minimum Gasteiger partial charge on any atom is -0.476 e. The summed E-state index contributed by atoms with van der Waals surface area (Å²) in [6, 6.07) is 5.37. The lowest BCUT2D eigenvalue weighted by Crippen LogP contribution is -1.94. The first-order valence-electron chi connectivity index (χ1n) is 4.96. The molecule has 2 aromatic rings. The predicted molar refractivity (Wildman–Crippen MR) is 66.1 cm³/mol. The molecular formula is C12H10BrNO3. The maximum Gasteiger partial charge on any atom is 0.358 e. The van der Waals surface area contributed by atoms with Crippen LogP contribution in [-0.4, -0.2) is 16.2 Å². The van der Waals surface area contributed by atoms with Gasteiger partial charge in [-0.1, -0.05) is 16.8 Å². The lowest BCUT2D eigenvalue weighted by Gasteiger charge is -2.05. The summed E-state index contributed by atoms with van der Waals surface area (Å²) in [5, 5.41) is 12.3. The largest absolute Gasteiger partial charge is 0.476 e. The quantitative estimate of drug-likeness (QED) is 0.922. The van der Waals surface area contributed by atoms with Crippen molar-refractivity contribution in [1.82, 2.24) is 5.16 Å². The highest BCUT2D eigenvalue weighted by Gasteiger charge is 2.15. The standard InChI is InChI=1S/C12H10BrNO3/c1-6-3-7(2)11(13)8(4-6)10-5-9(12(15)16)14-17-10/h3-5H,1-2H3,(H,15,16). The van der Waals surface area contributed by atoms with Gasteiger partial charge in [0, 0.05) is 16.1 Å². The number of nitrogens with zero attached hydrogens (tertiary/aromatic N) is 1. The van der Waals surface area contributed by atoms with Crippen molar-refractivity contribution < 1.29 is 14.4 Å². The zero-order valence-electron chi connectivity index (χ0n) is 9.32. The SMILES string of the molecule is Cc1cc(C)c(Br)c(-c2cc(C(=O)O)no2)c1. The van der Waals surface area contributed by atoms with Gasteiger partial charge in [-0.25, -0.2) is 4.79 Å². The number of aryl methyl sites for hydroxylation is 2. The van der Waals surface area contributed by atoms with Crippen molar-refractivity contribution in [2.75, 3.05) is 0 Å². The second-order valence-corrected chi connectivity index (χ2v) is 4.62. The van der Waals surface area contributed by atoms with E-state index in [1.165, 1.54) is 6.07 Å². The van der Waals surface area contributed by atoms with E-state index in [-0.39, 0.29) is 5.69 Å². The molecule has 0 spiro atoms. The number of carboxylic acid groups (broad SMARTS) is 1. The highest BCUT2D eigenvalue weighted by molar-refractivity contribution is 9.10. The molecule has 0 amide bonds. The molecule has 5 heteroatoms. The van der Waals surface area contributed by atoms with Gasteiger partial charge in [0.05, 0.1) is 0 Å². The van der Waals surface area contributed by atoms with Crippen LogP contribution in [0.4, 0.5) is 0 Å². The Balaban J connectivity index is 2.56. The Morgan fingerprint density at radius 3 is 2.65 bits per heavy atom. The molecule has 0 aliphatic heterocycles. The van der Waals surface area contributed by atoms with Crippen LogP contribution < -0.4 is 0 Å². The molecule has 0 fully saturated rings. The highest BCUT2D eigenvalue weighted by Crippen LogP contribution is 2.32. The van der Waals surface area contributed by atoms with E-state index in [2.05, 4.69) is 21.1 Å². The smallest absolute Gasteiger partial charge is 0.358 e. The van der Waals surface area contributed by atoms with E-state index in [4.69, 9.17) is 9.63 Å². The van der Waals surface area contributed by atoms with Crippen LogP contribution in [0.5, 0.6) is 0 Å². The van der Waals surface area contributed by atoms with Gasteiger partial charge in [0.2, 0.25) is 0 Å². The highest BCUT2D eigenvalue weighted by atomic mass is 79.9. The van der Waals surface area contributed by atoms with Crippen molar-refractivity contribution in [3.63, 3.8) is 0 Å². The van der Waals surface area contributed by atoms with Gasteiger partial charge in [0.15, 0.2) is 11.5 Å². The van der Waals surface area contributed by atoms with Crippen molar-refractivity contribution in [1.29, 1.82) is 0 Å². The third-order valence-electron chi connectivity index (χ3n) is 2.39. The van der Waals surface area contributed by atoms with Crippen molar-refractivity contribution in [3.8, 4) is 11.3 Å². The summed E-state index contributed by atoms with van der Waals surface area (Å²) in [5.41, 5.74) is 2.86. The fourth-order valence-corrected chi connectivity index (χ4v) is 2.06. The Kier molecular flexibility index (Phi) is 3.02. The first kappa shape index (κ1) is 11.9. The van der Waals surface area contributed by atoms with E-state index in [0.717, 1.165) is 21.2 Å². The number of aromatic nitrogens is 1. The van der Waals surface area contributed by atoms with Crippen LogP contribution in [0.15, 0.2) is 27.2 Å². The Bertz CT molecular complexity index is 589. The van der Waals surface area contributed by atoms with E-state index in [1.807, 2.05) is 26.0 Å². The molecule has 17 heavy (non-hydrogen) atoms. The molecule has 1 aromatic heterocycles. The number of hydrogen-bond acceptors (Lipinski definition) is 3. The summed E-state index contributed by atoms with van der Waals surface area (Å²) in [7, 11) is 0. The Morgan fingerprint density at radius 2 is 2.06 bits per heavy atom. The lowest BCUT2D eigenvalue weighted by atomic mass is 10.1. The van der Waals surface area contributed by atoms with Crippen LogP contribution in [0.2, 0.25) is 0 Å². The molecule has 0 unspecified atom stereocenters. The summed E-state index contributed by atoms with van der Waals surface area (Å²) in [6.45, 7) is 3.94. The van der Waals surface area contributed by atoms with E-state index in [9.17, 15) is 4.79 Å². The molecule has 0 atom stereocenters. The Labute approximate surface area is 106 Å². The monoisotopic (exact) mass is 295 g/mol. The summed E-state index contributed by atoms with van der Waals surface area (Å²) < 4.78 is 5.93. The van der Waals surface area contributed by atoms with Gasteiger partial charge in [0.25, 0.3) is 0 Å². The fourth-order valence-electron chi connectivity index (χ4n) is 1.63. The fraction of sp³-hybridized carbons (Fsp3) is 0.167. The van der Waals surface area contributed by atoms with Gasteiger partial charge in [0.1, 0.15) is 0 Å². The van der Waals surface area contributed by atoms with Gasteiger partial charge < -0.3 is 9.63 Å². The molecule has 2 rings (SSSR count). The van der Waals surface area contributed by atoms with Crippen LogP contribution in [0.1, 0.15) is 21.6 Å². The lowest BCUT2D eigenvalue weighted by molar-refractivity contribution is 0.0686. The Morgan fingerprint density at radius 1 is 1.35 bits per heavy atom. The minimum absolute atomic E-state index is 0.0916. The summed E-state index contributed by atoms with van der Waals surface area (Å²) in [5.74, 6) is -0.651. The van der Waals surface area contributed by atoms with E-state index in [0.29, 0.717) is 5.76 Å². The van der Waals surface area contributed by atoms with E-state index in [1.54, 1.807) is 0 Å². The Hall–Kier alpha value is -1.62. The van der Waals surface area contributed by atoms with Crippen LogP contribution in [-0.2, 0) is 0 Å². The van der Waals surface area contributed by atoms with Gasteiger partial charge in [-0.05, 0) is 41.4 Å². The average molecular weight is 296 g/mol. The van der Waals surface area contributed by atoms with Crippen LogP contribution in [0, 0.1) is 13.8 Å². The number of benzene rings is 1. The molecule has 1 heterocycles. The zero-order valence-corrected chi connectivity index (χ0v) is 10.9. The number of rotatable bonds is 2. The molecule has 0 radical (unpaired) electrons. The van der Waals surface area contributed by atoms with Crippen LogP contribution in [0.25, 0.3) is 11.3 Å². The number of aromatic carboxylic acids is 1. The molecule has 0 bridgehead atoms. The topological polar surface area (TPSA) is 63.3 Å².